The minimum Gasteiger partial charge on any atom is -0.494 e. The number of hydrogen-bond donors (Lipinski definition) is 2. The zero-order chi connectivity index (χ0) is 16.5. The highest BCUT2D eigenvalue weighted by atomic mass is 35.5. The average Bonchev–Trinajstić information content (AvgIpc) is 2.56. The summed E-state index contributed by atoms with van der Waals surface area (Å²) in [7, 11) is 0. The molecule has 0 saturated heterocycles. The van der Waals surface area contributed by atoms with Crippen molar-refractivity contribution in [2.24, 2.45) is 0 Å². The number of amides is 1. The lowest BCUT2D eigenvalue weighted by atomic mass is 10.1. The minimum atomic E-state index is 0. The van der Waals surface area contributed by atoms with Gasteiger partial charge in [0.05, 0.1) is 6.61 Å². The van der Waals surface area contributed by atoms with Gasteiger partial charge in [-0.05, 0) is 43.0 Å². The second kappa shape index (κ2) is 10.6. The van der Waals surface area contributed by atoms with E-state index in [-0.39, 0.29) is 18.3 Å². The summed E-state index contributed by atoms with van der Waals surface area (Å²) in [6, 6.07) is 15.6. The molecular weight excluding hydrogens is 324 g/mol. The molecule has 2 aromatic rings. The fourth-order valence-electron chi connectivity index (χ4n) is 2.44. The normalized spacial score (nSPS) is 9.88. The van der Waals surface area contributed by atoms with Crippen LogP contribution in [0.5, 0.6) is 5.75 Å². The highest BCUT2D eigenvalue weighted by molar-refractivity contribution is 5.85. The smallest absolute Gasteiger partial charge is 0.220 e. The van der Waals surface area contributed by atoms with Gasteiger partial charge in [-0.2, -0.15) is 0 Å². The van der Waals surface area contributed by atoms with Crippen LogP contribution in [0.25, 0.3) is 0 Å². The highest BCUT2D eigenvalue weighted by Crippen LogP contribution is 2.18. The third-order valence-electron chi connectivity index (χ3n) is 3.67. The second-order valence-corrected chi connectivity index (χ2v) is 5.34. The number of halogens is 1. The minimum absolute atomic E-state index is 0. The Balaban J connectivity index is 0.00000288. The van der Waals surface area contributed by atoms with Gasteiger partial charge in [-0.15, -0.1) is 12.4 Å². The maximum atomic E-state index is 11.9. The van der Waals surface area contributed by atoms with Crippen LogP contribution in [0.2, 0.25) is 0 Å². The maximum absolute atomic E-state index is 11.9. The van der Waals surface area contributed by atoms with Gasteiger partial charge in [-0.3, -0.25) is 4.79 Å². The van der Waals surface area contributed by atoms with E-state index < -0.39 is 0 Å². The zero-order valence-corrected chi connectivity index (χ0v) is 14.8. The standard InChI is InChI=1S/C19H24N2O2.ClH/c1-2-23-18-10-6-4-8-16(18)13-14-21-19(22)12-11-15-7-3-5-9-17(15)20;/h3-10H,2,11-14,20H2,1H3,(H,21,22);1H. The largest absolute Gasteiger partial charge is 0.494 e. The van der Waals surface area contributed by atoms with Gasteiger partial charge < -0.3 is 15.8 Å². The summed E-state index contributed by atoms with van der Waals surface area (Å²) in [4.78, 5) is 11.9. The summed E-state index contributed by atoms with van der Waals surface area (Å²) in [5, 5.41) is 2.95. The van der Waals surface area contributed by atoms with Gasteiger partial charge in [0.1, 0.15) is 5.75 Å². The molecule has 0 heterocycles. The third-order valence-corrected chi connectivity index (χ3v) is 3.67. The van der Waals surface area contributed by atoms with Gasteiger partial charge in [-0.1, -0.05) is 36.4 Å². The Hall–Kier alpha value is -2.20. The summed E-state index contributed by atoms with van der Waals surface area (Å²) >= 11 is 0. The molecule has 0 aromatic heterocycles. The number of hydrogen-bond acceptors (Lipinski definition) is 3. The SMILES string of the molecule is CCOc1ccccc1CCNC(=O)CCc1ccccc1N.Cl. The molecule has 0 aliphatic rings. The van der Waals surface area contributed by atoms with Gasteiger partial charge in [0, 0.05) is 18.7 Å². The van der Waals surface area contributed by atoms with Crippen molar-refractivity contribution in [3.63, 3.8) is 0 Å². The molecular formula is C19H25ClN2O2. The van der Waals surface area contributed by atoms with Crippen LogP contribution < -0.4 is 15.8 Å². The molecule has 2 aromatic carbocycles. The van der Waals surface area contributed by atoms with E-state index in [1.807, 2.05) is 55.5 Å². The molecule has 0 atom stereocenters. The Morgan fingerprint density at radius 2 is 1.71 bits per heavy atom. The lowest BCUT2D eigenvalue weighted by Gasteiger charge is -2.11. The van der Waals surface area contributed by atoms with Crippen molar-refractivity contribution in [1.29, 1.82) is 0 Å². The molecule has 0 spiro atoms. The zero-order valence-electron chi connectivity index (χ0n) is 14.0. The monoisotopic (exact) mass is 348 g/mol. The van der Waals surface area contributed by atoms with E-state index >= 15 is 0 Å². The first kappa shape index (κ1) is 19.8. The number of nitrogen functional groups attached to an aromatic ring is 1. The summed E-state index contributed by atoms with van der Waals surface area (Å²) in [5.74, 6) is 0.934. The molecule has 0 aliphatic carbocycles. The van der Waals surface area contributed by atoms with Crippen molar-refractivity contribution in [3.05, 3.63) is 59.7 Å². The molecule has 0 fully saturated rings. The van der Waals surface area contributed by atoms with Crippen LogP contribution in [0.4, 0.5) is 5.69 Å². The molecule has 0 saturated carbocycles. The summed E-state index contributed by atoms with van der Waals surface area (Å²) in [6.07, 6.45) is 1.87. The van der Waals surface area contributed by atoms with E-state index in [2.05, 4.69) is 5.32 Å². The van der Waals surface area contributed by atoms with E-state index in [4.69, 9.17) is 10.5 Å². The Labute approximate surface area is 149 Å². The van der Waals surface area contributed by atoms with Gasteiger partial charge in [0.2, 0.25) is 5.91 Å². The Morgan fingerprint density at radius 1 is 1.04 bits per heavy atom. The third kappa shape index (κ3) is 6.13. The number of anilines is 1. The van der Waals surface area contributed by atoms with Gasteiger partial charge >= 0.3 is 0 Å². The van der Waals surface area contributed by atoms with Crippen LogP contribution in [-0.4, -0.2) is 19.1 Å². The van der Waals surface area contributed by atoms with Crippen molar-refractivity contribution in [3.8, 4) is 5.75 Å². The fraction of sp³-hybridized carbons (Fsp3) is 0.316. The number of ether oxygens (including phenoxy) is 1. The topological polar surface area (TPSA) is 64.3 Å². The Kier molecular flexibility index (Phi) is 8.72. The molecule has 2 rings (SSSR count). The van der Waals surface area contributed by atoms with Crippen molar-refractivity contribution in [2.45, 2.75) is 26.2 Å². The quantitative estimate of drug-likeness (QED) is 0.719. The lowest BCUT2D eigenvalue weighted by molar-refractivity contribution is -0.121. The summed E-state index contributed by atoms with van der Waals surface area (Å²) < 4.78 is 5.59. The Morgan fingerprint density at radius 3 is 2.42 bits per heavy atom. The van der Waals surface area contributed by atoms with Crippen LogP contribution in [0.1, 0.15) is 24.5 Å². The Bertz CT molecular complexity index is 647. The predicted octanol–water partition coefficient (Wildman–Crippen LogP) is 3.38. The van der Waals surface area contributed by atoms with Gasteiger partial charge in [-0.25, -0.2) is 0 Å². The highest BCUT2D eigenvalue weighted by Gasteiger charge is 2.06. The summed E-state index contributed by atoms with van der Waals surface area (Å²) in [6.45, 7) is 3.21. The first-order valence-corrected chi connectivity index (χ1v) is 8.01. The number of aryl methyl sites for hydroxylation is 1. The van der Waals surface area contributed by atoms with E-state index in [1.165, 1.54) is 0 Å². The van der Waals surface area contributed by atoms with E-state index in [9.17, 15) is 4.79 Å². The molecule has 0 unspecified atom stereocenters. The summed E-state index contributed by atoms with van der Waals surface area (Å²) in [5.41, 5.74) is 8.75. The van der Waals surface area contributed by atoms with Crippen molar-refractivity contribution in [1.82, 2.24) is 5.32 Å². The molecule has 5 heteroatoms. The predicted molar refractivity (Wildman–Crippen MR) is 101 cm³/mol. The molecule has 4 nitrogen and oxygen atoms in total. The van der Waals surface area contributed by atoms with Crippen LogP contribution in [0.15, 0.2) is 48.5 Å². The number of nitrogens with one attached hydrogen (secondary N) is 1. The maximum Gasteiger partial charge on any atom is 0.220 e. The number of carbonyl (C=O) groups is 1. The molecule has 3 N–H and O–H groups in total. The van der Waals surface area contributed by atoms with E-state index in [0.29, 0.717) is 26.0 Å². The van der Waals surface area contributed by atoms with Crippen LogP contribution in [0, 0.1) is 0 Å². The number of para-hydroxylation sites is 2. The van der Waals surface area contributed by atoms with Gasteiger partial charge in [0.15, 0.2) is 0 Å². The van der Waals surface area contributed by atoms with E-state index in [1.54, 1.807) is 0 Å². The molecule has 130 valence electrons. The van der Waals surface area contributed by atoms with Crippen molar-refractivity contribution in [2.75, 3.05) is 18.9 Å². The molecule has 24 heavy (non-hydrogen) atoms. The molecule has 1 amide bonds. The molecule has 0 aliphatic heterocycles. The molecule has 0 radical (unpaired) electrons. The number of carbonyl (C=O) groups excluding carboxylic acids is 1. The number of nitrogens with two attached hydrogens (primary N) is 1. The van der Waals surface area contributed by atoms with Crippen LogP contribution >= 0.6 is 12.4 Å². The van der Waals surface area contributed by atoms with Gasteiger partial charge in [0.25, 0.3) is 0 Å². The van der Waals surface area contributed by atoms with Crippen LogP contribution in [-0.2, 0) is 17.6 Å². The first-order valence-electron chi connectivity index (χ1n) is 8.01. The number of benzene rings is 2. The first-order chi connectivity index (χ1) is 11.2. The van der Waals surface area contributed by atoms with E-state index in [0.717, 1.165) is 29.0 Å². The lowest BCUT2D eigenvalue weighted by Crippen LogP contribution is -2.26. The average molecular weight is 349 g/mol. The molecule has 0 bridgehead atoms. The van der Waals surface area contributed by atoms with Crippen molar-refractivity contribution < 1.29 is 9.53 Å². The second-order valence-electron chi connectivity index (χ2n) is 5.34. The number of rotatable bonds is 8. The fourth-order valence-corrected chi connectivity index (χ4v) is 2.44. The van der Waals surface area contributed by atoms with Crippen molar-refractivity contribution >= 4 is 24.0 Å². The van der Waals surface area contributed by atoms with Crippen LogP contribution in [0.3, 0.4) is 0 Å².